The van der Waals surface area contributed by atoms with Gasteiger partial charge < -0.3 is 4.42 Å². The van der Waals surface area contributed by atoms with Gasteiger partial charge in [0.25, 0.3) is 5.22 Å². The summed E-state index contributed by atoms with van der Waals surface area (Å²) in [5.41, 5.74) is 2.05. The lowest BCUT2D eigenvalue weighted by atomic mass is 10.2. The third-order valence-corrected chi connectivity index (χ3v) is 3.75. The molecule has 0 atom stereocenters. The minimum Gasteiger partial charge on any atom is -0.431 e. The molecule has 1 heterocycles. The largest absolute Gasteiger partial charge is 0.431 e. The highest BCUT2D eigenvalue weighted by molar-refractivity contribution is 7.99. The molecule has 3 nitrogen and oxygen atoms in total. The molecule has 0 aliphatic heterocycles. The Kier molecular flexibility index (Phi) is 3.27. The molecular weight excluding hydrogens is 282 g/mol. The van der Waals surface area contributed by atoms with Crippen molar-refractivity contribution in [3.8, 4) is 0 Å². The molecule has 0 saturated heterocycles. The summed E-state index contributed by atoms with van der Waals surface area (Å²) >= 11 is 7.16. The molecule has 94 valence electrons. The van der Waals surface area contributed by atoms with Gasteiger partial charge in [0.2, 0.25) is 0 Å². The van der Waals surface area contributed by atoms with E-state index in [2.05, 4.69) is 4.98 Å². The maximum absolute atomic E-state index is 11.0. The van der Waals surface area contributed by atoms with E-state index in [9.17, 15) is 4.79 Å². The molecule has 0 bridgehead atoms. The molecule has 0 aliphatic rings. The van der Waals surface area contributed by atoms with E-state index < -0.39 is 0 Å². The average Bonchev–Trinajstić information content (AvgIpc) is 2.83. The number of benzene rings is 2. The van der Waals surface area contributed by atoms with E-state index in [1.165, 1.54) is 11.8 Å². The molecule has 5 heteroatoms. The van der Waals surface area contributed by atoms with Crippen molar-refractivity contribution < 1.29 is 9.21 Å². The highest BCUT2D eigenvalue weighted by Gasteiger charge is 2.10. The van der Waals surface area contributed by atoms with Crippen LogP contribution in [0.4, 0.5) is 0 Å². The summed E-state index contributed by atoms with van der Waals surface area (Å²) in [5, 5.41) is 1.04. The number of halogens is 1. The van der Waals surface area contributed by atoms with Gasteiger partial charge in [-0.15, -0.1) is 0 Å². The van der Waals surface area contributed by atoms with Gasteiger partial charge in [-0.2, -0.15) is 0 Å². The lowest BCUT2D eigenvalue weighted by Crippen LogP contribution is -1.85. The number of hydrogen-bond acceptors (Lipinski definition) is 4. The Morgan fingerprint density at radius 2 is 2.05 bits per heavy atom. The van der Waals surface area contributed by atoms with E-state index in [1.54, 1.807) is 18.2 Å². The SMILES string of the molecule is O=Cc1cc(Cl)ccc1Sc1nc2ccccc2o1. The Labute approximate surface area is 118 Å². The van der Waals surface area contributed by atoms with E-state index in [4.69, 9.17) is 16.0 Å². The van der Waals surface area contributed by atoms with Gasteiger partial charge in [-0.05, 0) is 42.1 Å². The first-order valence-electron chi connectivity index (χ1n) is 5.54. The molecule has 0 spiro atoms. The highest BCUT2D eigenvalue weighted by atomic mass is 35.5. The van der Waals surface area contributed by atoms with Crippen LogP contribution in [0.3, 0.4) is 0 Å². The fraction of sp³-hybridized carbons (Fsp3) is 0. The van der Waals surface area contributed by atoms with E-state index in [0.29, 0.717) is 15.8 Å². The van der Waals surface area contributed by atoms with Gasteiger partial charge >= 0.3 is 0 Å². The fourth-order valence-electron chi connectivity index (χ4n) is 1.69. The topological polar surface area (TPSA) is 43.1 Å². The van der Waals surface area contributed by atoms with Crippen molar-refractivity contribution in [3.05, 3.63) is 53.1 Å². The van der Waals surface area contributed by atoms with Crippen LogP contribution in [0.5, 0.6) is 0 Å². The number of oxazole rings is 1. The first-order chi connectivity index (χ1) is 9.26. The molecule has 1 aromatic heterocycles. The molecule has 3 aromatic rings. The normalized spacial score (nSPS) is 10.8. The van der Waals surface area contributed by atoms with Crippen molar-refractivity contribution in [2.75, 3.05) is 0 Å². The van der Waals surface area contributed by atoms with Gasteiger partial charge in [0.1, 0.15) is 5.52 Å². The Balaban J connectivity index is 1.98. The number of carbonyl (C=O) groups is 1. The summed E-state index contributed by atoms with van der Waals surface area (Å²) in [6, 6.07) is 12.7. The lowest BCUT2D eigenvalue weighted by Gasteiger charge is -2.01. The molecule has 0 radical (unpaired) electrons. The van der Waals surface area contributed by atoms with Crippen LogP contribution in [-0.2, 0) is 0 Å². The van der Waals surface area contributed by atoms with Crippen molar-refractivity contribution in [1.82, 2.24) is 4.98 Å². The molecule has 0 amide bonds. The summed E-state index contributed by atoms with van der Waals surface area (Å²) in [4.78, 5) is 16.1. The van der Waals surface area contributed by atoms with Crippen molar-refractivity contribution in [1.29, 1.82) is 0 Å². The van der Waals surface area contributed by atoms with Crippen LogP contribution in [0.25, 0.3) is 11.1 Å². The molecule has 0 aliphatic carbocycles. The number of rotatable bonds is 3. The zero-order valence-electron chi connectivity index (χ0n) is 9.67. The van der Waals surface area contributed by atoms with Crippen LogP contribution in [-0.4, -0.2) is 11.3 Å². The van der Waals surface area contributed by atoms with Crippen LogP contribution in [0, 0.1) is 0 Å². The molecule has 0 N–H and O–H groups in total. The van der Waals surface area contributed by atoms with E-state index in [1.807, 2.05) is 24.3 Å². The number of aldehydes is 1. The van der Waals surface area contributed by atoms with Gasteiger partial charge in [-0.1, -0.05) is 23.7 Å². The van der Waals surface area contributed by atoms with Crippen molar-refractivity contribution >= 4 is 40.7 Å². The van der Waals surface area contributed by atoms with Gasteiger partial charge in [0.05, 0.1) is 0 Å². The molecule has 19 heavy (non-hydrogen) atoms. The Bertz CT molecular complexity index is 721. The lowest BCUT2D eigenvalue weighted by molar-refractivity contribution is 0.112. The molecule has 2 aromatic carbocycles. The Hall–Kier alpha value is -1.78. The minimum absolute atomic E-state index is 0.506. The standard InChI is InChI=1S/C14H8ClNO2S/c15-10-5-6-13(9(7-10)8-17)19-14-16-11-3-1-2-4-12(11)18-14/h1-8H. The second kappa shape index (κ2) is 5.07. The second-order valence-electron chi connectivity index (χ2n) is 3.85. The summed E-state index contributed by atoms with van der Waals surface area (Å²) in [7, 11) is 0. The zero-order chi connectivity index (χ0) is 13.2. The van der Waals surface area contributed by atoms with Crippen LogP contribution in [0.2, 0.25) is 5.02 Å². The van der Waals surface area contributed by atoms with Gasteiger partial charge in [-0.3, -0.25) is 4.79 Å². The quantitative estimate of drug-likeness (QED) is 0.668. The van der Waals surface area contributed by atoms with Gasteiger partial charge in [0.15, 0.2) is 11.9 Å². The molecule has 0 saturated carbocycles. The zero-order valence-corrected chi connectivity index (χ0v) is 11.2. The molecule has 0 unspecified atom stereocenters. The number of para-hydroxylation sites is 2. The average molecular weight is 290 g/mol. The Morgan fingerprint density at radius 1 is 1.21 bits per heavy atom. The minimum atomic E-state index is 0.506. The van der Waals surface area contributed by atoms with Crippen LogP contribution in [0.15, 0.2) is 57.0 Å². The second-order valence-corrected chi connectivity index (χ2v) is 5.28. The first kappa shape index (κ1) is 12.3. The summed E-state index contributed by atoms with van der Waals surface area (Å²) in [6.45, 7) is 0. The van der Waals surface area contributed by atoms with Crippen molar-refractivity contribution in [2.45, 2.75) is 10.1 Å². The van der Waals surface area contributed by atoms with Crippen LogP contribution in [0.1, 0.15) is 10.4 Å². The highest BCUT2D eigenvalue weighted by Crippen LogP contribution is 2.32. The molecule has 3 rings (SSSR count). The van der Waals surface area contributed by atoms with E-state index >= 15 is 0 Å². The summed E-state index contributed by atoms with van der Waals surface area (Å²) in [6.07, 6.45) is 0.775. The smallest absolute Gasteiger partial charge is 0.261 e. The summed E-state index contributed by atoms with van der Waals surface area (Å²) < 4.78 is 5.60. The van der Waals surface area contributed by atoms with Crippen LogP contribution < -0.4 is 0 Å². The van der Waals surface area contributed by atoms with Crippen molar-refractivity contribution in [2.24, 2.45) is 0 Å². The third-order valence-electron chi connectivity index (χ3n) is 2.57. The monoisotopic (exact) mass is 289 g/mol. The summed E-state index contributed by atoms with van der Waals surface area (Å²) in [5.74, 6) is 0. The van der Waals surface area contributed by atoms with Crippen molar-refractivity contribution in [3.63, 3.8) is 0 Å². The molecular formula is C14H8ClNO2S. The Morgan fingerprint density at radius 3 is 2.84 bits per heavy atom. The molecule has 0 fully saturated rings. The number of aromatic nitrogens is 1. The first-order valence-corrected chi connectivity index (χ1v) is 6.74. The van der Waals surface area contributed by atoms with Gasteiger partial charge in [0, 0.05) is 15.5 Å². The number of carbonyl (C=O) groups excluding carboxylic acids is 1. The number of hydrogen-bond donors (Lipinski definition) is 0. The third kappa shape index (κ3) is 2.50. The van der Waals surface area contributed by atoms with Gasteiger partial charge in [-0.25, -0.2) is 4.98 Å². The maximum atomic E-state index is 11.0. The number of fused-ring (bicyclic) bond motifs is 1. The maximum Gasteiger partial charge on any atom is 0.261 e. The predicted octanol–water partition coefficient (Wildman–Crippen LogP) is 4.44. The van der Waals surface area contributed by atoms with Crippen LogP contribution >= 0.6 is 23.4 Å². The van der Waals surface area contributed by atoms with E-state index in [-0.39, 0.29) is 0 Å². The van der Waals surface area contributed by atoms with E-state index in [0.717, 1.165) is 22.3 Å². The fourth-order valence-corrected chi connectivity index (χ4v) is 2.70. The predicted molar refractivity (Wildman–Crippen MR) is 75.0 cm³/mol. The number of nitrogens with zero attached hydrogens (tertiary/aromatic N) is 1.